The average molecular weight is 304 g/mol. The first-order valence-corrected chi connectivity index (χ1v) is 8.71. The van der Waals surface area contributed by atoms with Crippen LogP contribution in [0.5, 0.6) is 0 Å². The van der Waals surface area contributed by atoms with Gasteiger partial charge < -0.3 is 0 Å². The zero-order valence-electron chi connectivity index (χ0n) is 11.9. The molecular formula is C16H20N2O2S. The molecule has 21 heavy (non-hydrogen) atoms. The number of rotatable bonds is 8. The van der Waals surface area contributed by atoms with Gasteiger partial charge in [0.05, 0.1) is 5.75 Å². The number of pyridine rings is 1. The highest BCUT2D eigenvalue weighted by Crippen LogP contribution is 2.05. The van der Waals surface area contributed by atoms with Crippen LogP contribution in [0.3, 0.4) is 0 Å². The third-order valence-electron chi connectivity index (χ3n) is 3.14. The van der Waals surface area contributed by atoms with Gasteiger partial charge in [-0.15, -0.1) is 0 Å². The molecule has 2 aromatic rings. The molecule has 0 unspecified atom stereocenters. The van der Waals surface area contributed by atoms with Crippen molar-refractivity contribution in [1.82, 2.24) is 9.71 Å². The first kappa shape index (κ1) is 15.7. The fourth-order valence-electron chi connectivity index (χ4n) is 2.07. The van der Waals surface area contributed by atoms with E-state index in [9.17, 15) is 8.42 Å². The van der Waals surface area contributed by atoms with Crippen molar-refractivity contribution in [3.05, 3.63) is 66.0 Å². The van der Waals surface area contributed by atoms with E-state index < -0.39 is 10.0 Å². The number of hydrogen-bond donors (Lipinski definition) is 1. The molecule has 1 N–H and O–H groups in total. The number of sulfonamides is 1. The Balaban J connectivity index is 1.68. The molecule has 0 aliphatic rings. The fourth-order valence-corrected chi connectivity index (χ4v) is 3.26. The second-order valence-electron chi connectivity index (χ2n) is 4.96. The van der Waals surface area contributed by atoms with Crippen molar-refractivity contribution in [3.63, 3.8) is 0 Å². The molecule has 0 bridgehead atoms. The molecule has 4 nitrogen and oxygen atoms in total. The minimum atomic E-state index is -3.24. The van der Waals surface area contributed by atoms with Gasteiger partial charge in [-0.3, -0.25) is 4.98 Å². The summed E-state index contributed by atoms with van der Waals surface area (Å²) in [6, 6.07) is 13.2. The second kappa shape index (κ2) is 7.90. The van der Waals surface area contributed by atoms with Crippen LogP contribution in [-0.4, -0.2) is 19.9 Å². The summed E-state index contributed by atoms with van der Waals surface area (Å²) >= 11 is 0. The molecular weight excluding hydrogens is 284 g/mol. The maximum Gasteiger partial charge on any atom is 0.215 e. The van der Waals surface area contributed by atoms with Gasteiger partial charge in [0.15, 0.2) is 0 Å². The molecule has 5 heteroatoms. The van der Waals surface area contributed by atoms with E-state index in [1.807, 2.05) is 48.7 Å². The maximum atomic E-state index is 11.9. The van der Waals surface area contributed by atoms with Crippen molar-refractivity contribution >= 4 is 10.0 Å². The topological polar surface area (TPSA) is 59.1 Å². The molecule has 0 spiro atoms. The quantitative estimate of drug-likeness (QED) is 0.762. The third-order valence-corrected chi connectivity index (χ3v) is 4.49. The van der Waals surface area contributed by atoms with Crippen molar-refractivity contribution in [2.75, 3.05) is 6.54 Å². The number of unbranched alkanes of at least 4 members (excludes halogenated alkanes) is 1. The summed E-state index contributed by atoms with van der Waals surface area (Å²) < 4.78 is 26.5. The minimum Gasteiger partial charge on any atom is -0.264 e. The zero-order valence-corrected chi connectivity index (χ0v) is 12.7. The number of nitrogens with zero attached hydrogens (tertiary/aromatic N) is 1. The number of aromatic nitrogens is 1. The SMILES string of the molecule is O=S(=O)(Cc1ccccc1)NCCCCc1cccnc1. The molecule has 0 radical (unpaired) electrons. The summed E-state index contributed by atoms with van der Waals surface area (Å²) in [7, 11) is -3.24. The van der Waals surface area contributed by atoms with E-state index in [2.05, 4.69) is 9.71 Å². The van der Waals surface area contributed by atoms with E-state index in [1.54, 1.807) is 6.20 Å². The summed E-state index contributed by atoms with van der Waals surface area (Å²) in [5.74, 6) is 0.0381. The Bertz CT molecular complexity index is 628. The predicted molar refractivity (Wildman–Crippen MR) is 84.2 cm³/mol. The number of benzene rings is 1. The van der Waals surface area contributed by atoms with Gasteiger partial charge in [0, 0.05) is 18.9 Å². The van der Waals surface area contributed by atoms with Crippen LogP contribution in [-0.2, 0) is 22.2 Å². The van der Waals surface area contributed by atoms with Crippen molar-refractivity contribution in [1.29, 1.82) is 0 Å². The number of aryl methyl sites for hydroxylation is 1. The molecule has 1 aromatic heterocycles. The van der Waals surface area contributed by atoms with Crippen LogP contribution >= 0.6 is 0 Å². The standard InChI is InChI=1S/C16H20N2O2S/c19-21(20,14-16-8-2-1-3-9-16)18-12-5-4-7-15-10-6-11-17-13-15/h1-3,6,8-11,13,18H,4-5,7,12,14H2. The predicted octanol–water partition coefficient (Wildman–Crippen LogP) is 2.52. The molecule has 0 fully saturated rings. The molecule has 0 amide bonds. The summed E-state index contributed by atoms with van der Waals surface area (Å²) in [4.78, 5) is 4.06. The number of nitrogens with one attached hydrogen (secondary N) is 1. The Morgan fingerprint density at radius 3 is 2.43 bits per heavy atom. The Labute approximate surface area is 126 Å². The van der Waals surface area contributed by atoms with Gasteiger partial charge >= 0.3 is 0 Å². The molecule has 0 aliphatic carbocycles. The molecule has 0 saturated heterocycles. The molecule has 1 heterocycles. The van der Waals surface area contributed by atoms with Crippen LogP contribution in [0.4, 0.5) is 0 Å². The van der Waals surface area contributed by atoms with Crippen LogP contribution in [0.2, 0.25) is 0 Å². The van der Waals surface area contributed by atoms with Gasteiger partial charge in [-0.1, -0.05) is 36.4 Å². The molecule has 112 valence electrons. The van der Waals surface area contributed by atoms with Crippen molar-refractivity contribution in [3.8, 4) is 0 Å². The van der Waals surface area contributed by atoms with Gasteiger partial charge in [0.25, 0.3) is 0 Å². The van der Waals surface area contributed by atoms with E-state index in [-0.39, 0.29) is 5.75 Å². The lowest BCUT2D eigenvalue weighted by Gasteiger charge is -2.07. The van der Waals surface area contributed by atoms with Gasteiger partial charge in [0.1, 0.15) is 0 Å². The first-order valence-electron chi connectivity index (χ1n) is 7.06. The molecule has 0 atom stereocenters. The Kier molecular flexibility index (Phi) is 5.90. The van der Waals surface area contributed by atoms with E-state index in [1.165, 1.54) is 5.56 Å². The summed E-state index contributed by atoms with van der Waals surface area (Å²) in [5, 5.41) is 0. The highest BCUT2D eigenvalue weighted by molar-refractivity contribution is 7.88. The second-order valence-corrected chi connectivity index (χ2v) is 6.76. The van der Waals surface area contributed by atoms with Crippen molar-refractivity contribution in [2.24, 2.45) is 0 Å². The fraction of sp³-hybridized carbons (Fsp3) is 0.312. The number of hydrogen-bond acceptors (Lipinski definition) is 3. The third kappa shape index (κ3) is 6.06. The van der Waals surface area contributed by atoms with Crippen molar-refractivity contribution in [2.45, 2.75) is 25.0 Å². The zero-order chi connectivity index (χ0) is 15.0. The van der Waals surface area contributed by atoms with Crippen LogP contribution in [0, 0.1) is 0 Å². The van der Waals surface area contributed by atoms with E-state index in [0.29, 0.717) is 6.54 Å². The largest absolute Gasteiger partial charge is 0.264 e. The van der Waals surface area contributed by atoms with Crippen LogP contribution in [0.15, 0.2) is 54.9 Å². The Morgan fingerprint density at radius 2 is 1.71 bits per heavy atom. The summed E-state index contributed by atoms with van der Waals surface area (Å²) in [5.41, 5.74) is 1.99. The Hall–Kier alpha value is -1.72. The maximum absolute atomic E-state index is 11.9. The van der Waals surface area contributed by atoms with Gasteiger partial charge in [-0.2, -0.15) is 0 Å². The van der Waals surface area contributed by atoms with Crippen LogP contribution in [0.1, 0.15) is 24.0 Å². The summed E-state index contributed by atoms with van der Waals surface area (Å²) in [6.07, 6.45) is 6.29. The lowest BCUT2D eigenvalue weighted by atomic mass is 10.1. The van der Waals surface area contributed by atoms with Crippen LogP contribution in [0.25, 0.3) is 0 Å². The van der Waals surface area contributed by atoms with E-state index >= 15 is 0 Å². The highest BCUT2D eigenvalue weighted by Gasteiger charge is 2.10. The lowest BCUT2D eigenvalue weighted by Crippen LogP contribution is -2.26. The van der Waals surface area contributed by atoms with Crippen molar-refractivity contribution < 1.29 is 8.42 Å². The molecule has 1 aromatic carbocycles. The monoisotopic (exact) mass is 304 g/mol. The Morgan fingerprint density at radius 1 is 0.952 bits per heavy atom. The van der Waals surface area contributed by atoms with Gasteiger partial charge in [0.2, 0.25) is 10.0 Å². The summed E-state index contributed by atoms with van der Waals surface area (Å²) in [6.45, 7) is 0.482. The van der Waals surface area contributed by atoms with Gasteiger partial charge in [-0.25, -0.2) is 13.1 Å². The molecule has 0 aliphatic heterocycles. The van der Waals surface area contributed by atoms with Crippen LogP contribution < -0.4 is 4.72 Å². The minimum absolute atomic E-state index is 0.0381. The lowest BCUT2D eigenvalue weighted by molar-refractivity contribution is 0.576. The molecule has 0 saturated carbocycles. The smallest absolute Gasteiger partial charge is 0.215 e. The average Bonchev–Trinajstić information content (AvgIpc) is 2.48. The molecule has 2 rings (SSSR count). The van der Waals surface area contributed by atoms with Gasteiger partial charge in [-0.05, 0) is 36.5 Å². The van der Waals surface area contributed by atoms with E-state index in [4.69, 9.17) is 0 Å². The normalized spacial score (nSPS) is 11.4. The highest BCUT2D eigenvalue weighted by atomic mass is 32.2. The first-order chi connectivity index (χ1) is 10.2. The van der Waals surface area contributed by atoms with E-state index in [0.717, 1.165) is 24.8 Å².